The predicted octanol–water partition coefficient (Wildman–Crippen LogP) is 1.68. The molecule has 0 spiro atoms. The number of hydrogen-bond donors (Lipinski definition) is 1. The fourth-order valence-electron chi connectivity index (χ4n) is 1.71. The van der Waals surface area contributed by atoms with Gasteiger partial charge in [-0.1, -0.05) is 19.8 Å². The Morgan fingerprint density at radius 3 is 3.00 bits per heavy atom. The van der Waals surface area contributed by atoms with Crippen molar-refractivity contribution in [3.63, 3.8) is 0 Å². The third-order valence-electron chi connectivity index (χ3n) is 2.61. The van der Waals surface area contributed by atoms with Crippen molar-refractivity contribution < 1.29 is 4.74 Å². The summed E-state index contributed by atoms with van der Waals surface area (Å²) in [5.41, 5.74) is 0. The molecule has 0 aromatic carbocycles. The first-order valence-corrected chi connectivity index (χ1v) is 6.06. The van der Waals surface area contributed by atoms with Crippen molar-refractivity contribution in [2.24, 2.45) is 0 Å². The number of hydrogen-bond acceptors (Lipinski definition) is 3. The molecule has 0 saturated carbocycles. The summed E-state index contributed by atoms with van der Waals surface area (Å²) in [7, 11) is 1.76. The first-order chi connectivity index (χ1) is 7.86. The number of methoxy groups -OCH3 is 1. The summed E-state index contributed by atoms with van der Waals surface area (Å²) in [5, 5.41) is 7.67. The molecule has 16 heavy (non-hydrogen) atoms. The van der Waals surface area contributed by atoms with Crippen molar-refractivity contribution in [1.29, 1.82) is 0 Å². The van der Waals surface area contributed by atoms with Gasteiger partial charge >= 0.3 is 0 Å². The van der Waals surface area contributed by atoms with Crippen LogP contribution < -0.4 is 5.32 Å². The van der Waals surface area contributed by atoms with E-state index in [1.807, 2.05) is 23.1 Å². The first-order valence-electron chi connectivity index (χ1n) is 6.06. The molecule has 0 saturated heterocycles. The van der Waals surface area contributed by atoms with E-state index in [-0.39, 0.29) is 0 Å². The highest BCUT2D eigenvalue weighted by atomic mass is 16.5. The molecular formula is C12H23N3O. The van der Waals surface area contributed by atoms with Crippen LogP contribution in [0.25, 0.3) is 0 Å². The maximum Gasteiger partial charge on any atom is 0.0615 e. The van der Waals surface area contributed by atoms with Gasteiger partial charge in [-0.15, -0.1) is 0 Å². The highest BCUT2D eigenvalue weighted by molar-refractivity contribution is 4.78. The van der Waals surface area contributed by atoms with Crippen LogP contribution in [0.2, 0.25) is 0 Å². The number of nitrogens with one attached hydrogen (secondary N) is 1. The average molecular weight is 225 g/mol. The Balaban J connectivity index is 2.15. The summed E-state index contributed by atoms with van der Waals surface area (Å²) in [5.74, 6) is 0. The predicted molar refractivity (Wildman–Crippen MR) is 65.4 cm³/mol. The van der Waals surface area contributed by atoms with Crippen LogP contribution in [0.15, 0.2) is 18.5 Å². The van der Waals surface area contributed by atoms with Gasteiger partial charge in [0, 0.05) is 32.1 Å². The number of nitrogens with zero attached hydrogens (tertiary/aromatic N) is 2. The van der Waals surface area contributed by atoms with E-state index in [4.69, 9.17) is 4.74 Å². The van der Waals surface area contributed by atoms with E-state index in [0.717, 1.165) is 19.7 Å². The van der Waals surface area contributed by atoms with E-state index >= 15 is 0 Å². The van der Waals surface area contributed by atoms with Gasteiger partial charge in [-0.05, 0) is 12.5 Å². The van der Waals surface area contributed by atoms with Gasteiger partial charge in [0.2, 0.25) is 0 Å². The highest BCUT2D eigenvalue weighted by Gasteiger charge is 2.06. The lowest BCUT2D eigenvalue weighted by atomic mass is 10.1. The van der Waals surface area contributed by atoms with E-state index in [1.165, 1.54) is 19.3 Å². The van der Waals surface area contributed by atoms with Crippen LogP contribution in [0.5, 0.6) is 0 Å². The molecule has 0 radical (unpaired) electrons. The highest BCUT2D eigenvalue weighted by Crippen LogP contribution is 2.00. The zero-order valence-corrected chi connectivity index (χ0v) is 10.4. The Kier molecular flexibility index (Phi) is 6.85. The molecular weight excluding hydrogens is 202 g/mol. The standard InChI is InChI=1S/C12H23N3O/c1-3-4-6-12(11-16-2)13-8-10-15-9-5-7-14-15/h5,7,9,12-13H,3-4,6,8,10-11H2,1-2H3. The van der Waals surface area contributed by atoms with E-state index in [0.29, 0.717) is 6.04 Å². The Morgan fingerprint density at radius 1 is 1.50 bits per heavy atom. The Labute approximate surface area is 98.0 Å². The van der Waals surface area contributed by atoms with Gasteiger partial charge in [0.05, 0.1) is 13.2 Å². The first kappa shape index (κ1) is 13.2. The SMILES string of the molecule is CCCCC(COC)NCCn1cccn1. The summed E-state index contributed by atoms with van der Waals surface area (Å²) >= 11 is 0. The molecule has 1 atom stereocenters. The molecule has 1 aromatic rings. The average Bonchev–Trinajstić information content (AvgIpc) is 2.79. The molecule has 0 aliphatic heterocycles. The lowest BCUT2D eigenvalue weighted by Gasteiger charge is -2.17. The maximum absolute atomic E-state index is 5.20. The van der Waals surface area contributed by atoms with Crippen LogP contribution in [-0.4, -0.2) is 36.1 Å². The minimum atomic E-state index is 0.473. The quantitative estimate of drug-likeness (QED) is 0.695. The minimum absolute atomic E-state index is 0.473. The van der Waals surface area contributed by atoms with Gasteiger partial charge < -0.3 is 10.1 Å². The van der Waals surface area contributed by atoms with Gasteiger partial charge in [0.15, 0.2) is 0 Å². The van der Waals surface area contributed by atoms with Crippen molar-refractivity contribution >= 4 is 0 Å². The second-order valence-corrected chi connectivity index (χ2v) is 4.02. The maximum atomic E-state index is 5.20. The van der Waals surface area contributed by atoms with E-state index in [1.54, 1.807) is 7.11 Å². The van der Waals surface area contributed by atoms with Crippen LogP contribution in [0.3, 0.4) is 0 Å². The summed E-state index contributed by atoms with van der Waals surface area (Å²) in [6.45, 7) is 4.87. The van der Waals surface area contributed by atoms with Crippen molar-refractivity contribution in [3.8, 4) is 0 Å². The zero-order valence-electron chi connectivity index (χ0n) is 10.4. The van der Waals surface area contributed by atoms with Crippen molar-refractivity contribution in [2.45, 2.75) is 38.8 Å². The molecule has 4 heteroatoms. The van der Waals surface area contributed by atoms with E-state index in [2.05, 4.69) is 17.3 Å². The summed E-state index contributed by atoms with van der Waals surface area (Å²) in [6, 6.07) is 2.42. The topological polar surface area (TPSA) is 39.1 Å². The summed E-state index contributed by atoms with van der Waals surface area (Å²) < 4.78 is 7.15. The molecule has 0 bridgehead atoms. The summed E-state index contributed by atoms with van der Waals surface area (Å²) in [6.07, 6.45) is 7.47. The lowest BCUT2D eigenvalue weighted by Crippen LogP contribution is -2.35. The Hall–Kier alpha value is -0.870. The molecule has 0 aliphatic carbocycles. The van der Waals surface area contributed by atoms with Crippen LogP contribution in [-0.2, 0) is 11.3 Å². The molecule has 1 N–H and O–H groups in total. The number of unbranched alkanes of at least 4 members (excludes halogenated alkanes) is 1. The monoisotopic (exact) mass is 225 g/mol. The lowest BCUT2D eigenvalue weighted by molar-refractivity contribution is 0.160. The molecule has 0 fully saturated rings. The number of ether oxygens (including phenoxy) is 1. The molecule has 0 aliphatic rings. The van der Waals surface area contributed by atoms with Crippen LogP contribution in [0, 0.1) is 0 Å². The van der Waals surface area contributed by atoms with E-state index in [9.17, 15) is 0 Å². The molecule has 1 aromatic heterocycles. The second-order valence-electron chi connectivity index (χ2n) is 4.02. The van der Waals surface area contributed by atoms with Gasteiger partial charge in [-0.25, -0.2) is 0 Å². The fourth-order valence-corrected chi connectivity index (χ4v) is 1.71. The van der Waals surface area contributed by atoms with Crippen molar-refractivity contribution in [1.82, 2.24) is 15.1 Å². The van der Waals surface area contributed by atoms with Crippen LogP contribution in [0.4, 0.5) is 0 Å². The van der Waals surface area contributed by atoms with Crippen molar-refractivity contribution in [3.05, 3.63) is 18.5 Å². The zero-order chi connectivity index (χ0) is 11.6. The van der Waals surface area contributed by atoms with Gasteiger partial charge in [-0.3, -0.25) is 4.68 Å². The van der Waals surface area contributed by atoms with Crippen LogP contribution >= 0.6 is 0 Å². The van der Waals surface area contributed by atoms with Gasteiger partial charge in [0.1, 0.15) is 0 Å². The Morgan fingerprint density at radius 2 is 2.38 bits per heavy atom. The molecule has 92 valence electrons. The molecule has 1 heterocycles. The van der Waals surface area contributed by atoms with Gasteiger partial charge in [-0.2, -0.15) is 5.10 Å². The largest absolute Gasteiger partial charge is 0.383 e. The normalized spacial score (nSPS) is 12.9. The second kappa shape index (κ2) is 8.30. The fraction of sp³-hybridized carbons (Fsp3) is 0.750. The molecule has 1 rings (SSSR count). The smallest absolute Gasteiger partial charge is 0.0615 e. The van der Waals surface area contributed by atoms with Crippen LogP contribution in [0.1, 0.15) is 26.2 Å². The molecule has 4 nitrogen and oxygen atoms in total. The third-order valence-corrected chi connectivity index (χ3v) is 2.61. The Bertz CT molecular complexity index is 249. The van der Waals surface area contributed by atoms with Gasteiger partial charge in [0.25, 0.3) is 0 Å². The van der Waals surface area contributed by atoms with E-state index < -0.39 is 0 Å². The minimum Gasteiger partial charge on any atom is -0.383 e. The number of rotatable bonds is 9. The summed E-state index contributed by atoms with van der Waals surface area (Å²) in [4.78, 5) is 0. The van der Waals surface area contributed by atoms with Crippen molar-refractivity contribution in [2.75, 3.05) is 20.3 Å². The molecule has 1 unspecified atom stereocenters. The number of aromatic nitrogens is 2. The third kappa shape index (κ3) is 5.28. The molecule has 0 amide bonds.